The highest BCUT2D eigenvalue weighted by Crippen LogP contribution is 2.35. The number of methoxy groups -OCH3 is 1. The SMILES string of the molecule is CCN(CC1COc2ccccc2O1)C(=O)c1cc(S(=O)(=O)N2CCc3ccccc32)ccc1OC. The van der Waals surface area contributed by atoms with Crippen LogP contribution in [0.5, 0.6) is 17.2 Å². The standard InChI is InChI=1S/C27H28N2O6S/c1-3-28(17-20-18-34-25-10-6-7-11-26(25)35-20)27(30)22-16-21(12-13-24(22)33-2)36(31,32)29-15-14-19-8-4-5-9-23(19)29/h4-13,16,20H,3,14-15,17-18H2,1-2H3. The summed E-state index contributed by atoms with van der Waals surface area (Å²) in [5, 5.41) is 0. The van der Waals surface area contributed by atoms with E-state index in [1.54, 1.807) is 11.0 Å². The molecule has 36 heavy (non-hydrogen) atoms. The van der Waals surface area contributed by atoms with Crippen LogP contribution in [-0.2, 0) is 16.4 Å². The third-order valence-corrected chi connectivity index (χ3v) is 8.30. The molecule has 0 aromatic heterocycles. The van der Waals surface area contributed by atoms with Gasteiger partial charge >= 0.3 is 0 Å². The number of fused-ring (bicyclic) bond motifs is 2. The van der Waals surface area contributed by atoms with Crippen LogP contribution in [0, 0.1) is 0 Å². The van der Waals surface area contributed by atoms with Crippen LogP contribution in [-0.4, -0.2) is 58.7 Å². The molecule has 5 rings (SSSR count). The van der Waals surface area contributed by atoms with Crippen molar-refractivity contribution < 1.29 is 27.4 Å². The largest absolute Gasteiger partial charge is 0.496 e. The third kappa shape index (κ3) is 4.35. The van der Waals surface area contributed by atoms with Gasteiger partial charge in [-0.05, 0) is 55.3 Å². The lowest BCUT2D eigenvalue weighted by molar-refractivity contribution is 0.0473. The monoisotopic (exact) mass is 508 g/mol. The molecule has 0 fully saturated rings. The molecular formula is C27H28N2O6S. The Morgan fingerprint density at radius 2 is 1.83 bits per heavy atom. The van der Waals surface area contributed by atoms with Crippen molar-refractivity contribution >= 4 is 21.6 Å². The topological polar surface area (TPSA) is 85.4 Å². The lowest BCUT2D eigenvalue weighted by Gasteiger charge is -2.31. The number of likely N-dealkylation sites (N-methyl/N-ethyl adjacent to an activating group) is 1. The van der Waals surface area contributed by atoms with E-state index in [9.17, 15) is 13.2 Å². The lowest BCUT2D eigenvalue weighted by Crippen LogP contribution is -2.43. The molecule has 9 heteroatoms. The minimum absolute atomic E-state index is 0.0468. The fraction of sp³-hybridized carbons (Fsp3) is 0.296. The van der Waals surface area contributed by atoms with E-state index in [1.165, 1.54) is 29.6 Å². The number of carbonyl (C=O) groups is 1. The molecule has 188 valence electrons. The van der Waals surface area contributed by atoms with E-state index in [0.717, 1.165) is 5.56 Å². The highest BCUT2D eigenvalue weighted by molar-refractivity contribution is 7.92. The summed E-state index contributed by atoms with van der Waals surface area (Å²) < 4.78 is 45.8. The van der Waals surface area contributed by atoms with Crippen LogP contribution in [0.15, 0.2) is 71.6 Å². The Labute approximate surface area is 211 Å². The van der Waals surface area contributed by atoms with Gasteiger partial charge in [0.15, 0.2) is 17.6 Å². The normalized spacial score (nSPS) is 16.4. The van der Waals surface area contributed by atoms with Crippen LogP contribution in [0.2, 0.25) is 0 Å². The van der Waals surface area contributed by atoms with Crippen LogP contribution in [0.4, 0.5) is 5.69 Å². The zero-order valence-corrected chi connectivity index (χ0v) is 21.0. The second-order valence-corrected chi connectivity index (χ2v) is 10.5. The number of para-hydroxylation sites is 3. The number of sulfonamides is 1. The summed E-state index contributed by atoms with van der Waals surface area (Å²) in [7, 11) is -2.40. The molecule has 0 saturated carbocycles. The molecule has 1 atom stereocenters. The molecular weight excluding hydrogens is 480 g/mol. The van der Waals surface area contributed by atoms with Crippen molar-refractivity contribution in [2.24, 2.45) is 0 Å². The molecule has 1 unspecified atom stereocenters. The van der Waals surface area contributed by atoms with Crippen molar-refractivity contribution in [2.45, 2.75) is 24.3 Å². The molecule has 0 saturated heterocycles. The molecule has 2 heterocycles. The number of carbonyl (C=O) groups excluding carboxylic acids is 1. The minimum atomic E-state index is -3.86. The van der Waals surface area contributed by atoms with Crippen LogP contribution in [0.25, 0.3) is 0 Å². The molecule has 0 spiro atoms. The van der Waals surface area contributed by atoms with Gasteiger partial charge in [-0.15, -0.1) is 0 Å². The van der Waals surface area contributed by atoms with Crippen molar-refractivity contribution in [3.8, 4) is 17.2 Å². The van der Waals surface area contributed by atoms with Crippen molar-refractivity contribution in [1.29, 1.82) is 0 Å². The first kappa shape index (κ1) is 24.0. The fourth-order valence-corrected chi connectivity index (χ4v) is 6.15. The maximum Gasteiger partial charge on any atom is 0.264 e. The first-order chi connectivity index (χ1) is 17.4. The van der Waals surface area contributed by atoms with Gasteiger partial charge in [-0.1, -0.05) is 30.3 Å². The lowest BCUT2D eigenvalue weighted by atomic mass is 10.1. The van der Waals surface area contributed by atoms with Crippen LogP contribution >= 0.6 is 0 Å². The van der Waals surface area contributed by atoms with Crippen LogP contribution in [0.3, 0.4) is 0 Å². The zero-order chi connectivity index (χ0) is 25.3. The molecule has 0 aliphatic carbocycles. The highest BCUT2D eigenvalue weighted by Gasteiger charge is 2.33. The number of rotatable bonds is 7. The van der Waals surface area contributed by atoms with Gasteiger partial charge < -0.3 is 19.1 Å². The van der Waals surface area contributed by atoms with E-state index in [-0.39, 0.29) is 29.0 Å². The number of nitrogens with zero attached hydrogens (tertiary/aromatic N) is 2. The molecule has 8 nitrogen and oxygen atoms in total. The van der Waals surface area contributed by atoms with Crippen molar-refractivity contribution in [3.05, 3.63) is 77.9 Å². The number of anilines is 1. The first-order valence-electron chi connectivity index (χ1n) is 11.9. The Kier molecular flexibility index (Phi) is 6.49. The molecule has 0 bridgehead atoms. The van der Waals surface area contributed by atoms with Crippen molar-refractivity contribution in [1.82, 2.24) is 4.90 Å². The smallest absolute Gasteiger partial charge is 0.264 e. The summed E-state index contributed by atoms with van der Waals surface area (Å²) in [4.78, 5) is 15.3. The van der Waals surface area contributed by atoms with E-state index < -0.39 is 10.0 Å². The average Bonchev–Trinajstić information content (AvgIpc) is 3.36. The molecule has 3 aromatic carbocycles. The van der Waals surface area contributed by atoms with E-state index >= 15 is 0 Å². The Morgan fingerprint density at radius 1 is 1.08 bits per heavy atom. The van der Waals surface area contributed by atoms with Gasteiger partial charge in [0, 0.05) is 13.1 Å². The Hall–Kier alpha value is -3.72. The van der Waals surface area contributed by atoms with Gasteiger partial charge in [0.25, 0.3) is 15.9 Å². The summed E-state index contributed by atoms with van der Waals surface area (Å²) in [6.45, 7) is 3.21. The maximum absolute atomic E-state index is 13.6. The first-order valence-corrected chi connectivity index (χ1v) is 13.3. The Morgan fingerprint density at radius 3 is 2.61 bits per heavy atom. The summed E-state index contributed by atoms with van der Waals surface area (Å²) in [6, 6.07) is 19.3. The molecule has 2 aliphatic heterocycles. The van der Waals surface area contributed by atoms with Gasteiger partial charge in [-0.25, -0.2) is 8.42 Å². The Balaban J connectivity index is 1.41. The van der Waals surface area contributed by atoms with E-state index in [1.807, 2.05) is 49.4 Å². The van der Waals surface area contributed by atoms with Gasteiger partial charge in [0.05, 0.1) is 29.8 Å². The number of benzene rings is 3. The predicted molar refractivity (Wildman–Crippen MR) is 136 cm³/mol. The molecule has 0 radical (unpaired) electrons. The van der Waals surface area contributed by atoms with Crippen molar-refractivity contribution in [3.63, 3.8) is 0 Å². The van der Waals surface area contributed by atoms with Crippen molar-refractivity contribution in [2.75, 3.05) is 37.7 Å². The van der Waals surface area contributed by atoms with Gasteiger partial charge in [-0.3, -0.25) is 9.10 Å². The second-order valence-electron chi connectivity index (χ2n) is 8.66. The quantitative estimate of drug-likeness (QED) is 0.483. The molecule has 1 amide bonds. The Bertz CT molecular complexity index is 1390. The number of hydrogen-bond acceptors (Lipinski definition) is 6. The summed E-state index contributed by atoms with van der Waals surface area (Å²) in [6.07, 6.45) is 0.288. The molecule has 2 aliphatic rings. The number of ether oxygens (including phenoxy) is 3. The van der Waals surface area contributed by atoms with Gasteiger partial charge in [-0.2, -0.15) is 0 Å². The van der Waals surface area contributed by atoms with E-state index in [0.29, 0.717) is 49.1 Å². The second kappa shape index (κ2) is 9.73. The summed E-state index contributed by atoms with van der Waals surface area (Å²) in [5.41, 5.74) is 1.84. The van der Waals surface area contributed by atoms with Gasteiger partial charge in [0.2, 0.25) is 0 Å². The zero-order valence-electron chi connectivity index (χ0n) is 20.2. The average molecular weight is 509 g/mol. The highest BCUT2D eigenvalue weighted by atomic mass is 32.2. The summed E-state index contributed by atoms with van der Waals surface area (Å²) >= 11 is 0. The fourth-order valence-electron chi connectivity index (χ4n) is 4.62. The van der Waals surface area contributed by atoms with Crippen LogP contribution < -0.4 is 18.5 Å². The molecule has 0 N–H and O–H groups in total. The maximum atomic E-state index is 13.6. The van der Waals surface area contributed by atoms with E-state index in [4.69, 9.17) is 14.2 Å². The minimum Gasteiger partial charge on any atom is -0.496 e. The summed E-state index contributed by atoms with van der Waals surface area (Å²) in [5.74, 6) is 1.28. The third-order valence-electron chi connectivity index (χ3n) is 6.49. The number of amides is 1. The molecule has 3 aromatic rings. The predicted octanol–water partition coefficient (Wildman–Crippen LogP) is 3.75. The van der Waals surface area contributed by atoms with Crippen LogP contribution in [0.1, 0.15) is 22.8 Å². The van der Waals surface area contributed by atoms with Gasteiger partial charge in [0.1, 0.15) is 12.4 Å². The number of hydrogen-bond donors (Lipinski definition) is 0. The van der Waals surface area contributed by atoms with E-state index in [2.05, 4.69) is 0 Å².